The Morgan fingerprint density at radius 2 is 2.18 bits per heavy atom. The summed E-state index contributed by atoms with van der Waals surface area (Å²) in [5.74, 6) is -0.612. The average molecular weight is 159 g/mol. The molecule has 0 saturated carbocycles. The van der Waals surface area contributed by atoms with Crippen molar-refractivity contribution in [2.75, 3.05) is 6.73 Å². The van der Waals surface area contributed by atoms with Gasteiger partial charge in [-0.25, -0.2) is 9.59 Å². The van der Waals surface area contributed by atoms with Crippen molar-refractivity contribution < 1.29 is 19.4 Å². The summed E-state index contributed by atoms with van der Waals surface area (Å²) in [5.41, 5.74) is 0.234. The van der Waals surface area contributed by atoms with Crippen LogP contribution in [0.1, 0.15) is 6.92 Å². The van der Waals surface area contributed by atoms with E-state index >= 15 is 0 Å². The molecule has 62 valence electrons. The third kappa shape index (κ3) is 4.95. The standard InChI is InChI=1S/C6H9NO4/c1-4(2)5(8)11-3-7-6(9)10/h7H,1,3H2,2H3,(H,9,10). The van der Waals surface area contributed by atoms with Crippen LogP contribution in [0.5, 0.6) is 0 Å². The van der Waals surface area contributed by atoms with Crippen molar-refractivity contribution in [2.45, 2.75) is 6.92 Å². The monoisotopic (exact) mass is 159 g/mol. The number of carboxylic acid groups (broad SMARTS) is 1. The molecule has 5 nitrogen and oxygen atoms in total. The van der Waals surface area contributed by atoms with Crippen LogP contribution in [0.15, 0.2) is 12.2 Å². The molecule has 0 radical (unpaired) electrons. The maximum absolute atomic E-state index is 10.6. The molecule has 0 saturated heterocycles. The molecule has 0 unspecified atom stereocenters. The second kappa shape index (κ2) is 4.32. The van der Waals surface area contributed by atoms with Gasteiger partial charge in [-0.2, -0.15) is 0 Å². The van der Waals surface area contributed by atoms with Crippen LogP contribution in [0.4, 0.5) is 4.79 Å². The second-order valence-corrected chi connectivity index (χ2v) is 1.84. The molecule has 0 heterocycles. The van der Waals surface area contributed by atoms with Crippen LogP contribution < -0.4 is 5.32 Å². The second-order valence-electron chi connectivity index (χ2n) is 1.84. The summed E-state index contributed by atoms with van der Waals surface area (Å²) >= 11 is 0. The maximum Gasteiger partial charge on any atom is 0.407 e. The van der Waals surface area contributed by atoms with E-state index in [0.717, 1.165) is 0 Å². The Labute approximate surface area is 63.7 Å². The molecule has 0 bridgehead atoms. The number of hydrogen-bond acceptors (Lipinski definition) is 3. The largest absolute Gasteiger partial charge is 0.465 e. The number of hydrogen-bond donors (Lipinski definition) is 2. The van der Waals surface area contributed by atoms with Gasteiger partial charge in [-0.1, -0.05) is 6.58 Å². The fourth-order valence-electron chi connectivity index (χ4n) is 0.287. The van der Waals surface area contributed by atoms with Crippen molar-refractivity contribution in [3.63, 3.8) is 0 Å². The predicted octanol–water partition coefficient (Wildman–Crippen LogP) is 0.331. The summed E-state index contributed by atoms with van der Waals surface area (Å²) in [5, 5.41) is 9.90. The van der Waals surface area contributed by atoms with Crippen LogP contribution in [0, 0.1) is 0 Å². The van der Waals surface area contributed by atoms with Crippen LogP contribution in [-0.4, -0.2) is 23.9 Å². The highest BCUT2D eigenvalue weighted by atomic mass is 16.5. The number of carbonyl (C=O) groups excluding carboxylic acids is 1. The Morgan fingerprint density at radius 3 is 2.55 bits per heavy atom. The zero-order valence-corrected chi connectivity index (χ0v) is 6.09. The van der Waals surface area contributed by atoms with Crippen LogP contribution in [0.25, 0.3) is 0 Å². The third-order valence-corrected chi connectivity index (χ3v) is 0.775. The molecule has 0 aliphatic carbocycles. The lowest BCUT2D eigenvalue weighted by molar-refractivity contribution is -0.139. The molecule has 0 atom stereocenters. The Balaban J connectivity index is 3.47. The number of carbonyl (C=O) groups is 2. The van der Waals surface area contributed by atoms with Gasteiger partial charge >= 0.3 is 12.1 Å². The summed E-state index contributed by atoms with van der Waals surface area (Å²) in [6.45, 7) is 4.43. The third-order valence-electron chi connectivity index (χ3n) is 0.775. The summed E-state index contributed by atoms with van der Waals surface area (Å²) in [7, 11) is 0. The van der Waals surface area contributed by atoms with Crippen molar-refractivity contribution in [3.05, 3.63) is 12.2 Å². The zero-order valence-electron chi connectivity index (χ0n) is 6.09. The van der Waals surface area contributed by atoms with E-state index in [1.165, 1.54) is 6.92 Å². The average Bonchev–Trinajstić information content (AvgIpc) is 1.86. The van der Waals surface area contributed by atoms with Crippen molar-refractivity contribution >= 4 is 12.1 Å². The minimum Gasteiger partial charge on any atom is -0.465 e. The lowest BCUT2D eigenvalue weighted by Gasteiger charge is -2.02. The van der Waals surface area contributed by atoms with Crippen LogP contribution in [0.2, 0.25) is 0 Å². The van der Waals surface area contributed by atoms with Crippen molar-refractivity contribution in [2.24, 2.45) is 0 Å². The van der Waals surface area contributed by atoms with Gasteiger partial charge in [0.15, 0.2) is 6.73 Å². The molecular weight excluding hydrogens is 150 g/mol. The first-order chi connectivity index (χ1) is 5.04. The normalized spacial score (nSPS) is 8.45. The molecule has 0 rings (SSSR count). The van der Waals surface area contributed by atoms with Gasteiger partial charge in [0, 0.05) is 5.57 Å². The number of ether oxygens (including phenoxy) is 1. The Kier molecular flexibility index (Phi) is 3.72. The summed E-state index contributed by atoms with van der Waals surface area (Å²) in [6, 6.07) is 0. The molecule has 0 aromatic carbocycles. The number of nitrogens with one attached hydrogen (secondary N) is 1. The molecule has 0 aliphatic rings. The van der Waals surface area contributed by atoms with E-state index in [9.17, 15) is 9.59 Å². The van der Waals surface area contributed by atoms with E-state index in [1.807, 2.05) is 5.32 Å². The van der Waals surface area contributed by atoms with Gasteiger partial charge in [-0.3, -0.25) is 5.32 Å². The van der Waals surface area contributed by atoms with Gasteiger partial charge < -0.3 is 9.84 Å². The first-order valence-electron chi connectivity index (χ1n) is 2.83. The van der Waals surface area contributed by atoms with E-state index in [1.54, 1.807) is 0 Å². The molecule has 0 aromatic rings. The lowest BCUT2D eigenvalue weighted by Crippen LogP contribution is -2.25. The molecule has 0 aromatic heterocycles. The highest BCUT2D eigenvalue weighted by Gasteiger charge is 2.02. The zero-order chi connectivity index (χ0) is 8.85. The van der Waals surface area contributed by atoms with Crippen molar-refractivity contribution in [3.8, 4) is 0 Å². The summed E-state index contributed by atoms with van der Waals surface area (Å²) in [4.78, 5) is 20.4. The van der Waals surface area contributed by atoms with Gasteiger partial charge in [-0.15, -0.1) is 0 Å². The minimum atomic E-state index is -1.24. The minimum absolute atomic E-state index is 0.234. The fourth-order valence-corrected chi connectivity index (χ4v) is 0.287. The molecule has 0 aliphatic heterocycles. The molecule has 2 N–H and O–H groups in total. The van der Waals surface area contributed by atoms with E-state index in [4.69, 9.17) is 5.11 Å². The molecular formula is C6H9NO4. The van der Waals surface area contributed by atoms with Gasteiger partial charge in [0.25, 0.3) is 0 Å². The maximum atomic E-state index is 10.6. The highest BCUT2D eigenvalue weighted by Crippen LogP contribution is 1.89. The summed E-state index contributed by atoms with van der Waals surface area (Å²) in [6.07, 6.45) is -1.24. The van der Waals surface area contributed by atoms with Crippen molar-refractivity contribution in [1.29, 1.82) is 0 Å². The van der Waals surface area contributed by atoms with Gasteiger partial charge in [0.05, 0.1) is 0 Å². The number of rotatable bonds is 3. The SMILES string of the molecule is C=C(C)C(=O)OCNC(=O)O. The molecule has 5 heteroatoms. The molecule has 1 amide bonds. The van der Waals surface area contributed by atoms with Gasteiger partial charge in [0.2, 0.25) is 0 Å². The van der Waals surface area contributed by atoms with E-state index in [0.29, 0.717) is 0 Å². The van der Waals surface area contributed by atoms with Crippen LogP contribution in [-0.2, 0) is 9.53 Å². The Bertz CT molecular complexity index is 187. The predicted molar refractivity (Wildman–Crippen MR) is 36.9 cm³/mol. The van der Waals surface area contributed by atoms with Crippen molar-refractivity contribution in [1.82, 2.24) is 5.32 Å². The molecule has 0 fully saturated rings. The lowest BCUT2D eigenvalue weighted by atomic mass is 10.4. The quantitative estimate of drug-likeness (QED) is 0.353. The first-order valence-corrected chi connectivity index (χ1v) is 2.83. The molecule has 11 heavy (non-hydrogen) atoms. The smallest absolute Gasteiger partial charge is 0.407 e. The van der Waals surface area contributed by atoms with Gasteiger partial charge in [0.1, 0.15) is 0 Å². The van der Waals surface area contributed by atoms with E-state index < -0.39 is 12.1 Å². The highest BCUT2D eigenvalue weighted by molar-refractivity contribution is 5.87. The van der Waals surface area contributed by atoms with Crippen LogP contribution in [0.3, 0.4) is 0 Å². The summed E-state index contributed by atoms with van der Waals surface area (Å²) < 4.78 is 4.38. The van der Waals surface area contributed by atoms with Crippen LogP contribution >= 0.6 is 0 Å². The first kappa shape index (κ1) is 9.48. The Morgan fingerprint density at radius 1 is 1.64 bits per heavy atom. The molecule has 0 spiro atoms. The number of esters is 1. The van der Waals surface area contributed by atoms with E-state index in [-0.39, 0.29) is 12.3 Å². The van der Waals surface area contributed by atoms with Gasteiger partial charge in [-0.05, 0) is 6.92 Å². The topological polar surface area (TPSA) is 75.6 Å². The van der Waals surface area contributed by atoms with E-state index in [2.05, 4.69) is 11.3 Å². The Hall–Kier alpha value is -1.52. The fraction of sp³-hybridized carbons (Fsp3) is 0.333. The number of amides is 1.